The molecule has 0 N–H and O–H groups in total. The third kappa shape index (κ3) is 4.24. The fourth-order valence-electron chi connectivity index (χ4n) is 1.59. The molecule has 1 aromatic rings. The molecule has 0 radical (unpaired) electrons. The van der Waals surface area contributed by atoms with E-state index in [-0.39, 0.29) is 24.3 Å². The van der Waals surface area contributed by atoms with E-state index < -0.39 is 23.4 Å². The Hall–Kier alpha value is -1.78. The standard InChI is InChI=1S/C13H14F2O3/c1-8(4-13(17)18-2)3-12(16)9-5-10(14)7-11(15)6-9/h5-8H,3-4H2,1-2H3/t8-/m0/s1. The summed E-state index contributed by atoms with van der Waals surface area (Å²) < 4.78 is 30.3. The zero-order valence-electron chi connectivity index (χ0n) is 10.2. The van der Waals surface area contributed by atoms with Gasteiger partial charge >= 0.3 is 5.97 Å². The number of ketones is 1. The monoisotopic (exact) mass is 256 g/mol. The first-order valence-corrected chi connectivity index (χ1v) is 5.48. The number of methoxy groups -OCH3 is 1. The molecular formula is C13H14F2O3. The zero-order valence-corrected chi connectivity index (χ0v) is 10.2. The van der Waals surface area contributed by atoms with Gasteiger partial charge in [-0.2, -0.15) is 0 Å². The topological polar surface area (TPSA) is 43.4 Å². The highest BCUT2D eigenvalue weighted by Gasteiger charge is 2.16. The number of carbonyl (C=O) groups excluding carboxylic acids is 2. The molecule has 1 atom stereocenters. The molecule has 3 nitrogen and oxygen atoms in total. The van der Waals surface area contributed by atoms with Crippen LogP contribution in [-0.4, -0.2) is 18.9 Å². The van der Waals surface area contributed by atoms with E-state index >= 15 is 0 Å². The van der Waals surface area contributed by atoms with Crippen LogP contribution in [-0.2, 0) is 9.53 Å². The molecule has 18 heavy (non-hydrogen) atoms. The third-order valence-corrected chi connectivity index (χ3v) is 2.46. The van der Waals surface area contributed by atoms with Gasteiger partial charge < -0.3 is 4.74 Å². The van der Waals surface area contributed by atoms with Gasteiger partial charge in [-0.05, 0) is 18.1 Å². The van der Waals surface area contributed by atoms with E-state index in [0.29, 0.717) is 6.07 Å². The predicted molar refractivity (Wildman–Crippen MR) is 61.1 cm³/mol. The lowest BCUT2D eigenvalue weighted by atomic mass is 9.97. The largest absolute Gasteiger partial charge is 0.469 e. The number of hydrogen-bond donors (Lipinski definition) is 0. The molecule has 0 saturated carbocycles. The van der Waals surface area contributed by atoms with Crippen LogP contribution in [0, 0.1) is 17.6 Å². The molecule has 0 spiro atoms. The van der Waals surface area contributed by atoms with Crippen LogP contribution in [0.3, 0.4) is 0 Å². The van der Waals surface area contributed by atoms with Crippen LogP contribution in [0.4, 0.5) is 8.78 Å². The summed E-state index contributed by atoms with van der Waals surface area (Å²) in [5.41, 5.74) is -0.0239. The maximum atomic E-state index is 12.9. The van der Waals surface area contributed by atoms with Crippen LogP contribution in [0.5, 0.6) is 0 Å². The minimum absolute atomic E-state index is 0.0239. The van der Waals surface area contributed by atoms with E-state index in [4.69, 9.17) is 0 Å². The molecule has 1 aromatic carbocycles. The molecule has 98 valence electrons. The van der Waals surface area contributed by atoms with Crippen molar-refractivity contribution in [1.29, 1.82) is 0 Å². The number of ether oxygens (including phenoxy) is 1. The van der Waals surface area contributed by atoms with Gasteiger partial charge in [0.05, 0.1) is 7.11 Å². The second kappa shape index (κ2) is 6.23. The number of rotatable bonds is 5. The van der Waals surface area contributed by atoms with Crippen molar-refractivity contribution in [1.82, 2.24) is 0 Å². The molecule has 0 bridgehead atoms. The highest BCUT2D eigenvalue weighted by Crippen LogP contribution is 2.15. The predicted octanol–water partition coefficient (Wildman–Crippen LogP) is 2.74. The number of benzene rings is 1. The van der Waals surface area contributed by atoms with Crippen LogP contribution in [0.1, 0.15) is 30.1 Å². The second-order valence-electron chi connectivity index (χ2n) is 4.17. The van der Waals surface area contributed by atoms with Gasteiger partial charge in [-0.15, -0.1) is 0 Å². The Bertz CT molecular complexity index is 437. The van der Waals surface area contributed by atoms with E-state index in [1.165, 1.54) is 7.11 Å². The minimum Gasteiger partial charge on any atom is -0.469 e. The normalized spacial score (nSPS) is 12.0. The average Bonchev–Trinajstić information content (AvgIpc) is 2.27. The Morgan fingerprint density at radius 1 is 1.17 bits per heavy atom. The van der Waals surface area contributed by atoms with E-state index in [2.05, 4.69) is 4.74 Å². The SMILES string of the molecule is COC(=O)C[C@@H](C)CC(=O)c1cc(F)cc(F)c1. The number of halogens is 2. The van der Waals surface area contributed by atoms with Gasteiger partial charge in [0, 0.05) is 24.5 Å². The van der Waals surface area contributed by atoms with E-state index in [1.54, 1.807) is 6.92 Å². The van der Waals surface area contributed by atoms with E-state index in [9.17, 15) is 18.4 Å². The average molecular weight is 256 g/mol. The Morgan fingerprint density at radius 2 is 1.72 bits per heavy atom. The maximum absolute atomic E-state index is 12.9. The number of esters is 1. The van der Waals surface area contributed by atoms with Crippen LogP contribution < -0.4 is 0 Å². The second-order valence-corrected chi connectivity index (χ2v) is 4.17. The first-order valence-electron chi connectivity index (χ1n) is 5.48. The van der Waals surface area contributed by atoms with Gasteiger partial charge in [0.2, 0.25) is 0 Å². The highest BCUT2D eigenvalue weighted by atomic mass is 19.1. The zero-order chi connectivity index (χ0) is 13.7. The fourth-order valence-corrected chi connectivity index (χ4v) is 1.59. The van der Waals surface area contributed by atoms with Gasteiger partial charge in [0.15, 0.2) is 5.78 Å². The summed E-state index contributed by atoms with van der Waals surface area (Å²) >= 11 is 0. The lowest BCUT2D eigenvalue weighted by Crippen LogP contribution is -2.12. The molecule has 0 fully saturated rings. The van der Waals surface area contributed by atoms with Crippen molar-refractivity contribution < 1.29 is 23.1 Å². The number of Topliss-reactive ketones (excluding diaryl/α,β-unsaturated/α-hetero) is 1. The molecule has 0 aliphatic heterocycles. The Morgan fingerprint density at radius 3 is 2.22 bits per heavy atom. The fraction of sp³-hybridized carbons (Fsp3) is 0.385. The van der Waals surface area contributed by atoms with Crippen molar-refractivity contribution in [2.24, 2.45) is 5.92 Å². The summed E-state index contributed by atoms with van der Waals surface area (Å²) in [6, 6.07) is 2.67. The summed E-state index contributed by atoms with van der Waals surface area (Å²) in [5.74, 6) is -2.64. The Labute approximate surface area is 104 Å². The summed E-state index contributed by atoms with van der Waals surface area (Å²) in [5, 5.41) is 0. The Kier molecular flexibility index (Phi) is 4.95. The first-order chi connectivity index (χ1) is 8.42. The quantitative estimate of drug-likeness (QED) is 0.601. The van der Waals surface area contributed by atoms with Crippen molar-refractivity contribution in [3.8, 4) is 0 Å². The molecule has 0 amide bonds. The van der Waals surface area contributed by atoms with Gasteiger partial charge in [0.1, 0.15) is 11.6 Å². The van der Waals surface area contributed by atoms with Gasteiger partial charge in [-0.3, -0.25) is 9.59 Å². The van der Waals surface area contributed by atoms with E-state index in [1.807, 2.05) is 0 Å². The van der Waals surface area contributed by atoms with Crippen molar-refractivity contribution >= 4 is 11.8 Å². The molecule has 0 aromatic heterocycles. The van der Waals surface area contributed by atoms with Gasteiger partial charge in [-0.1, -0.05) is 6.92 Å². The van der Waals surface area contributed by atoms with Crippen LogP contribution in [0.15, 0.2) is 18.2 Å². The minimum atomic E-state index is -0.793. The highest BCUT2D eigenvalue weighted by molar-refractivity contribution is 5.96. The summed E-state index contributed by atoms with van der Waals surface area (Å²) in [6.45, 7) is 1.70. The smallest absolute Gasteiger partial charge is 0.305 e. The molecule has 0 aliphatic rings. The van der Waals surface area contributed by atoms with Crippen molar-refractivity contribution in [3.05, 3.63) is 35.4 Å². The van der Waals surface area contributed by atoms with Gasteiger partial charge in [-0.25, -0.2) is 8.78 Å². The van der Waals surface area contributed by atoms with Crippen molar-refractivity contribution in [3.63, 3.8) is 0 Å². The molecule has 0 heterocycles. The van der Waals surface area contributed by atoms with Crippen LogP contribution in [0.2, 0.25) is 0 Å². The van der Waals surface area contributed by atoms with Crippen molar-refractivity contribution in [2.75, 3.05) is 7.11 Å². The number of carbonyl (C=O) groups is 2. The molecule has 0 saturated heterocycles. The molecule has 1 rings (SSSR count). The molecular weight excluding hydrogens is 242 g/mol. The summed E-state index contributed by atoms with van der Waals surface area (Å²) in [4.78, 5) is 22.7. The third-order valence-electron chi connectivity index (χ3n) is 2.46. The Balaban J connectivity index is 2.67. The lowest BCUT2D eigenvalue weighted by Gasteiger charge is -2.09. The first kappa shape index (κ1) is 14.3. The summed E-state index contributed by atoms with van der Waals surface area (Å²) in [7, 11) is 1.26. The van der Waals surface area contributed by atoms with Gasteiger partial charge in [0.25, 0.3) is 0 Å². The van der Waals surface area contributed by atoms with Crippen LogP contribution in [0.25, 0.3) is 0 Å². The molecule has 0 aliphatic carbocycles. The lowest BCUT2D eigenvalue weighted by molar-refractivity contribution is -0.141. The molecule has 0 unspecified atom stereocenters. The maximum Gasteiger partial charge on any atom is 0.305 e. The molecule has 5 heteroatoms. The van der Waals surface area contributed by atoms with Crippen LogP contribution >= 0.6 is 0 Å². The van der Waals surface area contributed by atoms with E-state index in [0.717, 1.165) is 12.1 Å². The number of hydrogen-bond acceptors (Lipinski definition) is 3. The summed E-state index contributed by atoms with van der Waals surface area (Å²) in [6.07, 6.45) is 0.137. The van der Waals surface area contributed by atoms with Crippen molar-refractivity contribution in [2.45, 2.75) is 19.8 Å².